The zero-order valence-corrected chi connectivity index (χ0v) is 11.5. The molecule has 2 atom stereocenters. The van der Waals surface area contributed by atoms with Crippen LogP contribution < -0.4 is 5.32 Å². The third-order valence-corrected chi connectivity index (χ3v) is 4.04. The highest BCUT2D eigenvalue weighted by Gasteiger charge is 2.24. The fourth-order valence-electron chi connectivity index (χ4n) is 3.19. The summed E-state index contributed by atoms with van der Waals surface area (Å²) in [4.78, 5) is 2.58. The zero-order valence-electron chi connectivity index (χ0n) is 11.5. The predicted molar refractivity (Wildman–Crippen MR) is 75.8 cm³/mol. The minimum absolute atomic E-state index is 0.611. The summed E-state index contributed by atoms with van der Waals surface area (Å²) in [5.74, 6) is 0.866. The lowest BCUT2D eigenvalue weighted by Gasteiger charge is -2.36. The largest absolute Gasteiger partial charge is 0.309 e. The van der Waals surface area contributed by atoms with Crippen LogP contribution in [0.3, 0.4) is 0 Å². The molecule has 2 aliphatic rings. The Labute approximate surface area is 110 Å². The minimum Gasteiger partial charge on any atom is -0.309 e. The van der Waals surface area contributed by atoms with Gasteiger partial charge in [0.25, 0.3) is 0 Å². The lowest BCUT2D eigenvalue weighted by Crippen LogP contribution is -2.53. The zero-order chi connectivity index (χ0) is 12.5. The van der Waals surface area contributed by atoms with Crippen molar-refractivity contribution in [3.05, 3.63) is 35.4 Å². The van der Waals surface area contributed by atoms with Gasteiger partial charge in [-0.15, -0.1) is 0 Å². The normalized spacial score (nSPS) is 29.4. The fourth-order valence-corrected chi connectivity index (χ4v) is 3.19. The van der Waals surface area contributed by atoms with E-state index in [9.17, 15) is 0 Å². The molecule has 1 saturated heterocycles. The Morgan fingerprint density at radius 2 is 1.89 bits per heavy atom. The van der Waals surface area contributed by atoms with Crippen LogP contribution >= 0.6 is 0 Å². The predicted octanol–water partition coefficient (Wildman–Crippen LogP) is 2.75. The van der Waals surface area contributed by atoms with E-state index in [0.29, 0.717) is 12.1 Å². The molecule has 1 aromatic rings. The summed E-state index contributed by atoms with van der Waals surface area (Å²) in [6.07, 6.45) is 2.79. The number of rotatable bonds is 3. The molecule has 18 heavy (non-hydrogen) atoms. The Hall–Kier alpha value is -0.860. The molecule has 1 heterocycles. The molecule has 0 aromatic heterocycles. The van der Waals surface area contributed by atoms with E-state index in [-0.39, 0.29) is 0 Å². The first kappa shape index (κ1) is 12.2. The Balaban J connectivity index is 1.66. The highest BCUT2D eigenvalue weighted by Crippen LogP contribution is 2.40. The first-order valence-corrected chi connectivity index (χ1v) is 7.28. The molecule has 0 amide bonds. The van der Waals surface area contributed by atoms with Gasteiger partial charge in [-0.3, -0.25) is 4.90 Å². The van der Waals surface area contributed by atoms with Crippen molar-refractivity contribution in [2.45, 2.75) is 51.2 Å². The van der Waals surface area contributed by atoms with Crippen LogP contribution in [-0.4, -0.2) is 30.1 Å². The van der Waals surface area contributed by atoms with Crippen LogP contribution in [-0.2, 0) is 6.54 Å². The van der Waals surface area contributed by atoms with Crippen molar-refractivity contribution >= 4 is 0 Å². The summed E-state index contributed by atoms with van der Waals surface area (Å²) >= 11 is 0. The molecule has 1 aliphatic heterocycles. The van der Waals surface area contributed by atoms with Crippen LogP contribution in [0, 0.1) is 0 Å². The van der Waals surface area contributed by atoms with Crippen molar-refractivity contribution in [2.75, 3.05) is 13.1 Å². The van der Waals surface area contributed by atoms with Crippen LogP contribution in [0.25, 0.3) is 0 Å². The maximum Gasteiger partial charge on any atom is 0.0235 e. The number of piperazine rings is 1. The van der Waals surface area contributed by atoms with Crippen molar-refractivity contribution in [3.63, 3.8) is 0 Å². The number of nitrogens with zero attached hydrogens (tertiary/aromatic N) is 1. The molecule has 3 rings (SSSR count). The molecular weight excluding hydrogens is 220 g/mol. The van der Waals surface area contributed by atoms with E-state index < -0.39 is 0 Å². The van der Waals surface area contributed by atoms with Gasteiger partial charge in [-0.25, -0.2) is 0 Å². The van der Waals surface area contributed by atoms with Crippen LogP contribution in [0.1, 0.15) is 43.7 Å². The summed E-state index contributed by atoms with van der Waals surface area (Å²) in [7, 11) is 0. The van der Waals surface area contributed by atoms with Gasteiger partial charge in [-0.1, -0.05) is 24.3 Å². The fraction of sp³-hybridized carbons (Fsp3) is 0.625. The van der Waals surface area contributed by atoms with Gasteiger partial charge in [0.2, 0.25) is 0 Å². The molecule has 1 aliphatic carbocycles. The van der Waals surface area contributed by atoms with Crippen LogP contribution in [0.4, 0.5) is 0 Å². The van der Waals surface area contributed by atoms with E-state index in [4.69, 9.17) is 0 Å². The number of benzene rings is 1. The van der Waals surface area contributed by atoms with Gasteiger partial charge in [0.1, 0.15) is 0 Å². The van der Waals surface area contributed by atoms with Gasteiger partial charge in [0.05, 0.1) is 0 Å². The van der Waals surface area contributed by atoms with Crippen molar-refractivity contribution < 1.29 is 0 Å². The summed E-state index contributed by atoms with van der Waals surface area (Å²) in [6.45, 7) is 8.00. The maximum absolute atomic E-state index is 3.59. The highest BCUT2D eigenvalue weighted by molar-refractivity contribution is 5.29. The molecule has 98 valence electrons. The van der Waals surface area contributed by atoms with Gasteiger partial charge in [0, 0.05) is 31.7 Å². The molecule has 2 nitrogen and oxygen atoms in total. The van der Waals surface area contributed by atoms with Gasteiger partial charge >= 0.3 is 0 Å². The van der Waals surface area contributed by atoms with Crippen molar-refractivity contribution in [1.82, 2.24) is 10.2 Å². The van der Waals surface area contributed by atoms with Crippen LogP contribution in [0.15, 0.2) is 24.3 Å². The molecule has 2 fully saturated rings. The Morgan fingerprint density at radius 3 is 2.56 bits per heavy atom. The Kier molecular flexibility index (Phi) is 3.40. The molecule has 0 radical (unpaired) electrons. The van der Waals surface area contributed by atoms with Crippen LogP contribution in [0.2, 0.25) is 0 Å². The van der Waals surface area contributed by atoms with Crippen molar-refractivity contribution in [2.24, 2.45) is 0 Å². The molecule has 0 unspecified atom stereocenters. The van der Waals surface area contributed by atoms with E-state index in [2.05, 4.69) is 48.3 Å². The molecule has 1 aromatic carbocycles. The van der Waals surface area contributed by atoms with Crippen molar-refractivity contribution in [1.29, 1.82) is 0 Å². The van der Waals surface area contributed by atoms with Crippen molar-refractivity contribution in [3.8, 4) is 0 Å². The summed E-state index contributed by atoms with van der Waals surface area (Å²) in [5.41, 5.74) is 3.05. The standard InChI is InChI=1S/C16H24N2/c1-12-9-18(10-13(2)17-12)11-14-4-3-5-16(8-14)15-6-7-15/h3-5,8,12-13,15,17H,6-7,9-11H2,1-2H3/t12-,13+. The summed E-state index contributed by atoms with van der Waals surface area (Å²) < 4.78 is 0. The molecule has 1 N–H and O–H groups in total. The SMILES string of the molecule is C[C@@H]1CN(Cc2cccc(C3CC3)c2)C[C@H](C)N1. The number of nitrogens with one attached hydrogen (secondary N) is 1. The van der Waals surface area contributed by atoms with Gasteiger partial charge in [-0.05, 0) is 43.7 Å². The first-order chi connectivity index (χ1) is 8.70. The molecule has 0 bridgehead atoms. The molecule has 1 saturated carbocycles. The number of hydrogen-bond acceptors (Lipinski definition) is 2. The van der Waals surface area contributed by atoms with Gasteiger partial charge < -0.3 is 5.32 Å². The lowest BCUT2D eigenvalue weighted by molar-refractivity contribution is 0.166. The average Bonchev–Trinajstić information content (AvgIpc) is 3.11. The minimum atomic E-state index is 0.611. The Morgan fingerprint density at radius 1 is 1.17 bits per heavy atom. The van der Waals surface area contributed by atoms with E-state index in [1.54, 1.807) is 5.56 Å². The second kappa shape index (κ2) is 5.02. The summed E-state index contributed by atoms with van der Waals surface area (Å²) in [6, 6.07) is 10.5. The van der Waals surface area contributed by atoms with Gasteiger partial charge in [0.15, 0.2) is 0 Å². The van der Waals surface area contributed by atoms with E-state index in [1.165, 1.54) is 18.4 Å². The average molecular weight is 244 g/mol. The molecule has 0 spiro atoms. The maximum atomic E-state index is 3.59. The van der Waals surface area contributed by atoms with E-state index in [1.807, 2.05) is 0 Å². The third kappa shape index (κ3) is 2.93. The Bertz CT molecular complexity index is 401. The number of hydrogen-bond donors (Lipinski definition) is 1. The first-order valence-electron chi connectivity index (χ1n) is 7.28. The lowest BCUT2D eigenvalue weighted by atomic mass is 10.1. The third-order valence-electron chi connectivity index (χ3n) is 4.04. The second-order valence-corrected chi connectivity index (χ2v) is 6.18. The summed E-state index contributed by atoms with van der Waals surface area (Å²) in [5, 5.41) is 3.59. The topological polar surface area (TPSA) is 15.3 Å². The molecule has 2 heteroatoms. The smallest absolute Gasteiger partial charge is 0.0235 e. The van der Waals surface area contributed by atoms with E-state index >= 15 is 0 Å². The van der Waals surface area contributed by atoms with Gasteiger partial charge in [-0.2, -0.15) is 0 Å². The second-order valence-electron chi connectivity index (χ2n) is 6.18. The molecular formula is C16H24N2. The highest BCUT2D eigenvalue weighted by atomic mass is 15.2. The van der Waals surface area contributed by atoms with Crippen LogP contribution in [0.5, 0.6) is 0 Å². The quantitative estimate of drug-likeness (QED) is 0.879. The monoisotopic (exact) mass is 244 g/mol. The van der Waals surface area contributed by atoms with E-state index in [0.717, 1.165) is 25.6 Å².